The van der Waals surface area contributed by atoms with Crippen molar-refractivity contribution >= 4 is 28.6 Å². The zero-order chi connectivity index (χ0) is 14.8. The number of carboxylic acids is 1. The number of hydrogen-bond donors (Lipinski definition) is 1. The lowest BCUT2D eigenvalue weighted by molar-refractivity contribution is -0.137. The van der Waals surface area contributed by atoms with E-state index in [0.717, 1.165) is 22.5 Å². The van der Waals surface area contributed by atoms with E-state index in [1.165, 1.54) is 0 Å². The van der Waals surface area contributed by atoms with Gasteiger partial charge in [0.2, 0.25) is 0 Å². The van der Waals surface area contributed by atoms with Crippen molar-refractivity contribution in [3.05, 3.63) is 59.4 Å². The maximum absolute atomic E-state index is 10.8. The van der Waals surface area contributed by atoms with Crippen LogP contribution in [0.2, 0.25) is 5.02 Å². The molecular formula is C16H13ClN2O2. The molecule has 4 nitrogen and oxygen atoms in total. The molecule has 0 aliphatic heterocycles. The molecule has 1 N–H and O–H groups in total. The molecule has 3 rings (SSSR count). The Hall–Kier alpha value is -2.33. The van der Waals surface area contributed by atoms with Crippen LogP contribution in [0.3, 0.4) is 0 Å². The minimum absolute atomic E-state index is 0.0525. The third-order valence-electron chi connectivity index (χ3n) is 3.28. The van der Waals surface area contributed by atoms with Gasteiger partial charge in [-0.25, -0.2) is 4.98 Å². The van der Waals surface area contributed by atoms with E-state index < -0.39 is 5.97 Å². The number of para-hydroxylation sites is 2. The van der Waals surface area contributed by atoms with Gasteiger partial charge in [0.1, 0.15) is 5.82 Å². The SMILES string of the molecule is O=C(O)CCc1nc2ccccc2n1-c1ccc(Cl)cc1. The molecule has 0 aliphatic rings. The van der Waals surface area contributed by atoms with Crippen LogP contribution in [0.25, 0.3) is 16.7 Å². The van der Waals surface area contributed by atoms with Crippen LogP contribution < -0.4 is 0 Å². The maximum atomic E-state index is 10.8. The molecule has 0 atom stereocenters. The quantitative estimate of drug-likeness (QED) is 0.799. The second kappa shape index (κ2) is 5.58. The van der Waals surface area contributed by atoms with Crippen LogP contribution in [-0.4, -0.2) is 20.6 Å². The standard InChI is InChI=1S/C16H13ClN2O2/c17-11-5-7-12(8-6-11)19-14-4-2-1-3-13(14)18-15(19)9-10-16(20)21/h1-8H,9-10H2,(H,20,21). The summed E-state index contributed by atoms with van der Waals surface area (Å²) in [4.78, 5) is 15.4. The summed E-state index contributed by atoms with van der Waals surface area (Å²) in [6.45, 7) is 0. The smallest absolute Gasteiger partial charge is 0.303 e. The molecule has 0 saturated heterocycles. The van der Waals surface area contributed by atoms with Gasteiger partial charge in [-0.15, -0.1) is 0 Å². The highest BCUT2D eigenvalue weighted by Crippen LogP contribution is 2.23. The molecule has 0 aliphatic carbocycles. The molecule has 0 bridgehead atoms. The van der Waals surface area contributed by atoms with E-state index in [1.54, 1.807) is 0 Å². The van der Waals surface area contributed by atoms with Crippen LogP contribution >= 0.6 is 11.6 Å². The molecule has 1 aromatic heterocycles. The fourth-order valence-corrected chi connectivity index (χ4v) is 2.47. The van der Waals surface area contributed by atoms with E-state index in [4.69, 9.17) is 16.7 Å². The number of aryl methyl sites for hydroxylation is 1. The second-order valence-electron chi connectivity index (χ2n) is 4.72. The van der Waals surface area contributed by atoms with Crippen LogP contribution in [-0.2, 0) is 11.2 Å². The Labute approximate surface area is 126 Å². The summed E-state index contributed by atoms with van der Waals surface area (Å²) < 4.78 is 1.98. The van der Waals surface area contributed by atoms with Crippen molar-refractivity contribution in [3.8, 4) is 5.69 Å². The summed E-state index contributed by atoms with van der Waals surface area (Å²) in [6, 6.07) is 15.2. The van der Waals surface area contributed by atoms with Gasteiger partial charge in [0.05, 0.1) is 17.5 Å². The van der Waals surface area contributed by atoms with Crippen molar-refractivity contribution in [2.24, 2.45) is 0 Å². The van der Waals surface area contributed by atoms with Crippen LogP contribution in [0.1, 0.15) is 12.2 Å². The Morgan fingerprint density at radius 1 is 1.14 bits per heavy atom. The monoisotopic (exact) mass is 300 g/mol. The summed E-state index contributed by atoms with van der Waals surface area (Å²) >= 11 is 5.93. The Morgan fingerprint density at radius 2 is 1.86 bits per heavy atom. The van der Waals surface area contributed by atoms with E-state index in [-0.39, 0.29) is 6.42 Å². The molecule has 0 radical (unpaired) electrons. The normalized spacial score (nSPS) is 10.9. The predicted molar refractivity (Wildman–Crippen MR) is 82.0 cm³/mol. The summed E-state index contributed by atoms with van der Waals surface area (Å²) in [6.07, 6.45) is 0.434. The minimum Gasteiger partial charge on any atom is -0.481 e. The van der Waals surface area contributed by atoms with Gasteiger partial charge in [0.15, 0.2) is 0 Å². The largest absolute Gasteiger partial charge is 0.481 e. The van der Waals surface area contributed by atoms with E-state index in [1.807, 2.05) is 53.1 Å². The van der Waals surface area contributed by atoms with Gasteiger partial charge in [0, 0.05) is 17.1 Å². The first kappa shape index (κ1) is 13.6. The maximum Gasteiger partial charge on any atom is 0.303 e. The van der Waals surface area contributed by atoms with Gasteiger partial charge in [-0.05, 0) is 36.4 Å². The highest BCUT2D eigenvalue weighted by atomic mass is 35.5. The molecular weight excluding hydrogens is 288 g/mol. The zero-order valence-electron chi connectivity index (χ0n) is 11.2. The van der Waals surface area contributed by atoms with E-state index in [0.29, 0.717) is 11.4 Å². The number of nitrogens with zero attached hydrogens (tertiary/aromatic N) is 2. The number of carbonyl (C=O) groups is 1. The third kappa shape index (κ3) is 2.76. The van der Waals surface area contributed by atoms with Crippen molar-refractivity contribution in [1.29, 1.82) is 0 Å². The number of carboxylic acid groups (broad SMARTS) is 1. The van der Waals surface area contributed by atoms with Gasteiger partial charge in [-0.3, -0.25) is 9.36 Å². The Balaban J connectivity index is 2.15. The molecule has 0 spiro atoms. The number of fused-ring (bicyclic) bond motifs is 1. The van der Waals surface area contributed by atoms with Gasteiger partial charge >= 0.3 is 5.97 Å². The summed E-state index contributed by atoms with van der Waals surface area (Å²) in [5.74, 6) is -0.0920. The molecule has 21 heavy (non-hydrogen) atoms. The Bertz CT molecular complexity index is 794. The average molecular weight is 301 g/mol. The van der Waals surface area contributed by atoms with Crippen molar-refractivity contribution < 1.29 is 9.90 Å². The van der Waals surface area contributed by atoms with E-state index in [9.17, 15) is 4.79 Å². The van der Waals surface area contributed by atoms with E-state index in [2.05, 4.69) is 4.98 Å². The molecule has 0 unspecified atom stereocenters. The molecule has 5 heteroatoms. The number of benzene rings is 2. The number of hydrogen-bond acceptors (Lipinski definition) is 2. The van der Waals surface area contributed by atoms with Crippen molar-refractivity contribution in [1.82, 2.24) is 9.55 Å². The van der Waals surface area contributed by atoms with Gasteiger partial charge in [-0.1, -0.05) is 23.7 Å². The molecule has 0 amide bonds. The molecule has 0 saturated carbocycles. The highest BCUT2D eigenvalue weighted by Gasteiger charge is 2.13. The summed E-state index contributed by atoms with van der Waals surface area (Å²) in [5, 5.41) is 9.56. The van der Waals surface area contributed by atoms with Gasteiger partial charge in [0.25, 0.3) is 0 Å². The summed E-state index contributed by atoms with van der Waals surface area (Å²) in [7, 11) is 0. The first-order valence-corrected chi connectivity index (χ1v) is 6.97. The predicted octanol–water partition coefficient (Wildman–Crippen LogP) is 3.70. The Morgan fingerprint density at radius 3 is 2.57 bits per heavy atom. The van der Waals surface area contributed by atoms with Crippen LogP contribution in [0, 0.1) is 0 Å². The highest BCUT2D eigenvalue weighted by molar-refractivity contribution is 6.30. The van der Waals surface area contributed by atoms with Crippen molar-refractivity contribution in [2.45, 2.75) is 12.8 Å². The zero-order valence-corrected chi connectivity index (χ0v) is 11.9. The topological polar surface area (TPSA) is 55.1 Å². The second-order valence-corrected chi connectivity index (χ2v) is 5.16. The lowest BCUT2D eigenvalue weighted by Crippen LogP contribution is -2.05. The van der Waals surface area contributed by atoms with Gasteiger partial charge < -0.3 is 5.11 Å². The number of halogens is 1. The first-order chi connectivity index (χ1) is 10.1. The minimum atomic E-state index is -0.829. The average Bonchev–Trinajstić information content (AvgIpc) is 2.84. The number of imidazole rings is 1. The van der Waals surface area contributed by atoms with Crippen LogP contribution in [0.4, 0.5) is 0 Å². The lowest BCUT2D eigenvalue weighted by atomic mass is 10.2. The van der Waals surface area contributed by atoms with Crippen molar-refractivity contribution in [3.63, 3.8) is 0 Å². The van der Waals surface area contributed by atoms with Gasteiger partial charge in [-0.2, -0.15) is 0 Å². The molecule has 1 heterocycles. The van der Waals surface area contributed by atoms with Crippen LogP contribution in [0.15, 0.2) is 48.5 Å². The molecule has 3 aromatic rings. The lowest BCUT2D eigenvalue weighted by Gasteiger charge is -2.08. The molecule has 2 aromatic carbocycles. The Kier molecular flexibility index (Phi) is 3.62. The fraction of sp³-hybridized carbons (Fsp3) is 0.125. The van der Waals surface area contributed by atoms with E-state index >= 15 is 0 Å². The number of aromatic nitrogens is 2. The third-order valence-corrected chi connectivity index (χ3v) is 3.53. The fourth-order valence-electron chi connectivity index (χ4n) is 2.34. The number of aliphatic carboxylic acids is 1. The van der Waals surface area contributed by atoms with Crippen molar-refractivity contribution in [2.75, 3.05) is 0 Å². The van der Waals surface area contributed by atoms with Crippen LogP contribution in [0.5, 0.6) is 0 Å². The number of rotatable bonds is 4. The molecule has 0 fully saturated rings. The first-order valence-electron chi connectivity index (χ1n) is 6.59. The summed E-state index contributed by atoms with van der Waals surface area (Å²) in [5.41, 5.74) is 2.74. The molecule has 106 valence electrons.